The van der Waals surface area contributed by atoms with Gasteiger partial charge in [0, 0.05) is 33.1 Å². The summed E-state index contributed by atoms with van der Waals surface area (Å²) < 4.78 is 5.30. The van der Waals surface area contributed by atoms with Gasteiger partial charge in [-0.05, 0) is 26.3 Å². The van der Waals surface area contributed by atoms with Gasteiger partial charge in [-0.3, -0.25) is 9.59 Å². The minimum absolute atomic E-state index is 0.00332. The third-order valence-corrected chi connectivity index (χ3v) is 4.08. The zero-order valence-corrected chi connectivity index (χ0v) is 15.8. The number of carbonyl (C=O) groups excluding carboxylic acids is 3. The van der Waals surface area contributed by atoms with Crippen LogP contribution in [0.5, 0.6) is 0 Å². The fourth-order valence-corrected chi connectivity index (χ4v) is 2.78. The van der Waals surface area contributed by atoms with E-state index in [2.05, 4.69) is 5.32 Å². The molecule has 0 aromatic heterocycles. The van der Waals surface area contributed by atoms with Crippen LogP contribution >= 0.6 is 0 Å². The predicted octanol–water partition coefficient (Wildman–Crippen LogP) is 1.94. The molecule has 0 aliphatic carbocycles. The van der Waals surface area contributed by atoms with Gasteiger partial charge in [-0.1, -0.05) is 30.3 Å². The first kappa shape index (κ1) is 19.8. The Morgan fingerprint density at radius 1 is 1.00 bits per heavy atom. The maximum absolute atomic E-state index is 13.0. The SMILES string of the molecule is CC(=O)N1CCN(C(=O)C(NC(=O)OC(C)(C)C)c2ccccc2)CC1. The molecule has 1 N–H and O–H groups in total. The second kappa shape index (κ2) is 8.21. The Morgan fingerprint density at radius 3 is 2.04 bits per heavy atom. The van der Waals surface area contributed by atoms with Crippen LogP contribution in [0.2, 0.25) is 0 Å². The summed E-state index contributed by atoms with van der Waals surface area (Å²) in [6.45, 7) is 8.71. The number of benzene rings is 1. The average molecular weight is 361 g/mol. The molecule has 1 saturated heterocycles. The minimum atomic E-state index is -0.824. The molecule has 1 atom stereocenters. The van der Waals surface area contributed by atoms with Gasteiger partial charge in [-0.25, -0.2) is 4.79 Å². The molecule has 2 rings (SSSR count). The second-order valence-corrected chi connectivity index (χ2v) is 7.32. The molecule has 7 heteroatoms. The van der Waals surface area contributed by atoms with Gasteiger partial charge in [0.1, 0.15) is 11.6 Å². The molecule has 1 fully saturated rings. The molecule has 3 amide bonds. The van der Waals surface area contributed by atoms with E-state index in [0.29, 0.717) is 31.7 Å². The Bertz CT molecular complexity index is 646. The topological polar surface area (TPSA) is 79.0 Å². The van der Waals surface area contributed by atoms with Gasteiger partial charge in [0.2, 0.25) is 11.8 Å². The smallest absolute Gasteiger partial charge is 0.408 e. The summed E-state index contributed by atoms with van der Waals surface area (Å²) in [7, 11) is 0. The van der Waals surface area contributed by atoms with Crippen molar-refractivity contribution in [1.82, 2.24) is 15.1 Å². The van der Waals surface area contributed by atoms with E-state index in [-0.39, 0.29) is 11.8 Å². The minimum Gasteiger partial charge on any atom is -0.444 e. The Kier molecular flexibility index (Phi) is 6.23. The number of ether oxygens (including phenoxy) is 1. The number of carbonyl (C=O) groups is 3. The Morgan fingerprint density at radius 2 is 1.54 bits per heavy atom. The number of hydrogen-bond donors (Lipinski definition) is 1. The van der Waals surface area contributed by atoms with Gasteiger partial charge in [0.25, 0.3) is 0 Å². The van der Waals surface area contributed by atoms with Gasteiger partial charge >= 0.3 is 6.09 Å². The molecule has 142 valence electrons. The van der Waals surface area contributed by atoms with Gasteiger partial charge in [0.15, 0.2) is 0 Å². The third-order valence-electron chi connectivity index (χ3n) is 4.08. The molecular weight excluding hydrogens is 334 g/mol. The van der Waals surface area contributed by atoms with E-state index in [4.69, 9.17) is 4.74 Å². The van der Waals surface area contributed by atoms with Crippen LogP contribution in [-0.2, 0) is 14.3 Å². The highest BCUT2D eigenvalue weighted by Crippen LogP contribution is 2.18. The van der Waals surface area contributed by atoms with Crippen molar-refractivity contribution in [3.8, 4) is 0 Å². The van der Waals surface area contributed by atoms with Crippen molar-refractivity contribution in [2.75, 3.05) is 26.2 Å². The average Bonchev–Trinajstić information content (AvgIpc) is 2.58. The Hall–Kier alpha value is -2.57. The highest BCUT2D eigenvalue weighted by atomic mass is 16.6. The lowest BCUT2D eigenvalue weighted by molar-refractivity contribution is -0.140. The monoisotopic (exact) mass is 361 g/mol. The highest BCUT2D eigenvalue weighted by Gasteiger charge is 2.31. The maximum atomic E-state index is 13.0. The molecule has 7 nitrogen and oxygen atoms in total. The number of nitrogens with zero attached hydrogens (tertiary/aromatic N) is 2. The summed E-state index contributed by atoms with van der Waals surface area (Å²) in [4.78, 5) is 40.1. The molecule has 1 aliphatic heterocycles. The lowest BCUT2D eigenvalue weighted by Crippen LogP contribution is -2.53. The summed E-state index contributed by atoms with van der Waals surface area (Å²) >= 11 is 0. The van der Waals surface area contributed by atoms with E-state index in [9.17, 15) is 14.4 Å². The van der Waals surface area contributed by atoms with Crippen molar-refractivity contribution in [2.24, 2.45) is 0 Å². The quantitative estimate of drug-likeness (QED) is 0.892. The fourth-order valence-electron chi connectivity index (χ4n) is 2.78. The van der Waals surface area contributed by atoms with Crippen LogP contribution in [0.15, 0.2) is 30.3 Å². The van der Waals surface area contributed by atoms with Crippen LogP contribution in [0, 0.1) is 0 Å². The molecule has 1 unspecified atom stereocenters. The molecule has 0 radical (unpaired) electrons. The highest BCUT2D eigenvalue weighted by molar-refractivity contribution is 5.87. The predicted molar refractivity (Wildman–Crippen MR) is 97.4 cm³/mol. The first-order valence-corrected chi connectivity index (χ1v) is 8.76. The number of alkyl carbamates (subject to hydrolysis) is 1. The summed E-state index contributed by atoms with van der Waals surface area (Å²) in [6.07, 6.45) is -0.637. The Labute approximate surface area is 154 Å². The number of piperazine rings is 1. The van der Waals surface area contributed by atoms with E-state index in [1.54, 1.807) is 42.7 Å². The van der Waals surface area contributed by atoms with Crippen LogP contribution in [0.3, 0.4) is 0 Å². The van der Waals surface area contributed by atoms with E-state index in [0.717, 1.165) is 0 Å². The van der Waals surface area contributed by atoms with Crippen molar-refractivity contribution in [1.29, 1.82) is 0 Å². The maximum Gasteiger partial charge on any atom is 0.408 e. The molecule has 0 spiro atoms. The standard InChI is InChI=1S/C19H27N3O4/c1-14(23)21-10-12-22(13-11-21)17(24)16(15-8-6-5-7-9-15)20-18(25)26-19(2,3)4/h5-9,16H,10-13H2,1-4H3,(H,20,25). The summed E-state index contributed by atoms with van der Waals surface area (Å²) in [6, 6.07) is 8.26. The number of nitrogens with one attached hydrogen (secondary N) is 1. The van der Waals surface area contributed by atoms with E-state index in [1.165, 1.54) is 6.92 Å². The van der Waals surface area contributed by atoms with Crippen LogP contribution in [0.4, 0.5) is 4.79 Å². The first-order chi connectivity index (χ1) is 12.2. The van der Waals surface area contributed by atoms with Crippen molar-refractivity contribution < 1.29 is 19.1 Å². The van der Waals surface area contributed by atoms with Crippen LogP contribution < -0.4 is 5.32 Å². The van der Waals surface area contributed by atoms with Crippen molar-refractivity contribution >= 4 is 17.9 Å². The van der Waals surface area contributed by atoms with Crippen molar-refractivity contribution in [3.05, 3.63) is 35.9 Å². The third kappa shape index (κ3) is 5.47. The zero-order valence-electron chi connectivity index (χ0n) is 15.8. The number of hydrogen-bond acceptors (Lipinski definition) is 4. The fraction of sp³-hybridized carbons (Fsp3) is 0.526. The lowest BCUT2D eigenvalue weighted by atomic mass is 10.1. The van der Waals surface area contributed by atoms with Crippen LogP contribution in [0.25, 0.3) is 0 Å². The molecular formula is C19H27N3O4. The van der Waals surface area contributed by atoms with Gasteiger partial charge in [0.05, 0.1) is 0 Å². The Balaban J connectivity index is 2.12. The van der Waals surface area contributed by atoms with E-state index >= 15 is 0 Å². The second-order valence-electron chi connectivity index (χ2n) is 7.32. The number of rotatable bonds is 3. The zero-order chi connectivity index (χ0) is 19.3. The van der Waals surface area contributed by atoms with Crippen molar-refractivity contribution in [3.63, 3.8) is 0 Å². The largest absolute Gasteiger partial charge is 0.444 e. The summed E-state index contributed by atoms with van der Waals surface area (Å²) in [5, 5.41) is 2.69. The molecule has 0 bridgehead atoms. The molecule has 0 saturated carbocycles. The van der Waals surface area contributed by atoms with Gasteiger partial charge < -0.3 is 19.9 Å². The van der Waals surface area contributed by atoms with Gasteiger partial charge in [-0.15, -0.1) is 0 Å². The summed E-state index contributed by atoms with van der Waals surface area (Å²) in [5.41, 5.74) is 0.0407. The molecule has 1 aromatic rings. The first-order valence-electron chi connectivity index (χ1n) is 8.76. The molecule has 1 heterocycles. The normalized spacial score (nSPS) is 16.0. The molecule has 1 aliphatic rings. The van der Waals surface area contributed by atoms with Crippen molar-refractivity contribution in [2.45, 2.75) is 39.3 Å². The molecule has 1 aromatic carbocycles. The van der Waals surface area contributed by atoms with Gasteiger partial charge in [-0.2, -0.15) is 0 Å². The van der Waals surface area contributed by atoms with E-state index < -0.39 is 17.7 Å². The molecule has 26 heavy (non-hydrogen) atoms. The number of amides is 3. The summed E-state index contributed by atoms with van der Waals surface area (Å²) in [5.74, 6) is -0.200. The van der Waals surface area contributed by atoms with Crippen LogP contribution in [0.1, 0.15) is 39.3 Å². The lowest BCUT2D eigenvalue weighted by Gasteiger charge is -2.36. The van der Waals surface area contributed by atoms with E-state index in [1.807, 2.05) is 18.2 Å². The van der Waals surface area contributed by atoms with Crippen LogP contribution in [-0.4, -0.2) is 59.5 Å².